The van der Waals surface area contributed by atoms with E-state index in [1.165, 1.54) is 23.3 Å². The van der Waals surface area contributed by atoms with Crippen LogP contribution in [0.2, 0.25) is 0 Å². The molecule has 1 unspecified atom stereocenters. The number of rotatable bonds is 7. The second kappa shape index (κ2) is 10.5. The van der Waals surface area contributed by atoms with Crippen LogP contribution in [0.25, 0.3) is 10.9 Å². The predicted molar refractivity (Wildman–Crippen MR) is 145 cm³/mol. The molecule has 1 fully saturated rings. The summed E-state index contributed by atoms with van der Waals surface area (Å²) in [5.41, 5.74) is 5.56. The molecule has 1 N–H and O–H groups in total. The van der Waals surface area contributed by atoms with Gasteiger partial charge in [-0.25, -0.2) is 4.39 Å². The van der Waals surface area contributed by atoms with Gasteiger partial charge in [0.1, 0.15) is 5.82 Å². The minimum absolute atomic E-state index is 0.128. The van der Waals surface area contributed by atoms with Crippen molar-refractivity contribution in [3.05, 3.63) is 94.9 Å². The Hall–Kier alpha value is -3.84. The number of para-hydroxylation sites is 1. The number of halogens is 1. The van der Waals surface area contributed by atoms with Gasteiger partial charge in [-0.3, -0.25) is 9.69 Å². The molecule has 196 valence electrons. The van der Waals surface area contributed by atoms with Crippen LogP contribution in [0.3, 0.4) is 0 Å². The summed E-state index contributed by atoms with van der Waals surface area (Å²) in [7, 11) is 0. The number of amides is 1. The minimum atomic E-state index is -0.274. The molecule has 4 aromatic rings. The lowest BCUT2D eigenvalue weighted by molar-refractivity contribution is -0.133. The van der Waals surface area contributed by atoms with E-state index in [0.717, 1.165) is 59.6 Å². The topological polar surface area (TPSA) is 57.8 Å². The van der Waals surface area contributed by atoms with Gasteiger partial charge in [0.25, 0.3) is 0 Å². The number of ether oxygens (including phenoxy) is 2. The number of nitrogens with one attached hydrogen (secondary N) is 1. The molecule has 0 radical (unpaired) electrons. The van der Waals surface area contributed by atoms with Crippen molar-refractivity contribution in [3.8, 4) is 11.5 Å². The lowest BCUT2D eigenvalue weighted by atomic mass is 9.87. The van der Waals surface area contributed by atoms with E-state index in [4.69, 9.17) is 9.47 Å². The van der Waals surface area contributed by atoms with Gasteiger partial charge in [0.15, 0.2) is 11.5 Å². The second-order valence-corrected chi connectivity index (χ2v) is 10.1. The molecule has 2 aliphatic heterocycles. The predicted octanol–water partition coefficient (Wildman–Crippen LogP) is 5.46. The molecule has 0 saturated carbocycles. The van der Waals surface area contributed by atoms with Crippen molar-refractivity contribution in [2.45, 2.75) is 32.2 Å². The van der Waals surface area contributed by atoms with Crippen LogP contribution < -0.4 is 9.47 Å². The monoisotopic (exact) mass is 513 g/mol. The Morgan fingerprint density at radius 3 is 2.58 bits per heavy atom. The molecule has 0 bridgehead atoms. The van der Waals surface area contributed by atoms with Crippen molar-refractivity contribution < 1.29 is 18.7 Å². The van der Waals surface area contributed by atoms with Gasteiger partial charge in [-0.2, -0.15) is 0 Å². The molecule has 1 saturated heterocycles. The number of aromatic nitrogens is 1. The summed E-state index contributed by atoms with van der Waals surface area (Å²) in [6.07, 6.45) is 3.29. The van der Waals surface area contributed by atoms with E-state index < -0.39 is 0 Å². The number of aryl methyl sites for hydroxylation is 1. The highest BCUT2D eigenvalue weighted by molar-refractivity contribution is 5.88. The van der Waals surface area contributed by atoms with Crippen LogP contribution in [-0.2, 0) is 17.8 Å². The van der Waals surface area contributed by atoms with Gasteiger partial charge in [-0.05, 0) is 52.9 Å². The molecule has 6 rings (SSSR count). The smallest absolute Gasteiger partial charge is 0.231 e. The number of benzene rings is 3. The first kappa shape index (κ1) is 24.5. The minimum Gasteiger partial charge on any atom is -0.454 e. The maximum absolute atomic E-state index is 13.8. The molecule has 1 aromatic heterocycles. The van der Waals surface area contributed by atoms with Crippen LogP contribution in [0, 0.1) is 5.82 Å². The van der Waals surface area contributed by atoms with Gasteiger partial charge in [0, 0.05) is 62.2 Å². The highest BCUT2D eigenvalue weighted by atomic mass is 19.1. The van der Waals surface area contributed by atoms with Crippen molar-refractivity contribution >= 4 is 16.8 Å². The van der Waals surface area contributed by atoms with E-state index in [1.807, 2.05) is 23.2 Å². The zero-order valence-electron chi connectivity index (χ0n) is 21.6. The third kappa shape index (κ3) is 4.86. The quantitative estimate of drug-likeness (QED) is 0.356. The zero-order chi connectivity index (χ0) is 26.1. The van der Waals surface area contributed by atoms with E-state index in [2.05, 4.69) is 41.1 Å². The second-order valence-electron chi connectivity index (χ2n) is 10.1. The number of hydrogen-bond donors (Lipinski definition) is 1. The summed E-state index contributed by atoms with van der Waals surface area (Å²) in [4.78, 5) is 21.4. The molecule has 2 aliphatic rings. The fourth-order valence-corrected chi connectivity index (χ4v) is 5.68. The molecule has 1 amide bonds. The van der Waals surface area contributed by atoms with Gasteiger partial charge in [0.05, 0.1) is 0 Å². The van der Waals surface area contributed by atoms with Crippen molar-refractivity contribution in [2.24, 2.45) is 0 Å². The maximum atomic E-state index is 13.8. The largest absolute Gasteiger partial charge is 0.454 e. The number of H-pyrrole nitrogens is 1. The number of carbonyl (C=O) groups is 1. The van der Waals surface area contributed by atoms with Crippen LogP contribution in [0.1, 0.15) is 41.5 Å². The fraction of sp³-hybridized carbons (Fsp3) is 0.323. The summed E-state index contributed by atoms with van der Waals surface area (Å²) < 4.78 is 24.7. The van der Waals surface area contributed by atoms with Gasteiger partial charge in [-0.1, -0.05) is 43.3 Å². The Bertz CT molecular complexity index is 1440. The van der Waals surface area contributed by atoms with E-state index in [-0.39, 0.29) is 24.4 Å². The molecular formula is C31H32FN3O3. The fourth-order valence-electron chi connectivity index (χ4n) is 5.68. The third-order valence-electron chi connectivity index (χ3n) is 7.81. The normalized spacial score (nSPS) is 16.2. The Balaban J connectivity index is 1.16. The van der Waals surface area contributed by atoms with Crippen LogP contribution in [0.15, 0.2) is 66.9 Å². The Kier molecular flexibility index (Phi) is 6.77. The van der Waals surface area contributed by atoms with Gasteiger partial charge in [-0.15, -0.1) is 0 Å². The molecular weight excluding hydrogens is 481 g/mol. The first-order valence-corrected chi connectivity index (χ1v) is 13.3. The molecule has 38 heavy (non-hydrogen) atoms. The lowest BCUT2D eigenvalue weighted by Gasteiger charge is -2.35. The molecule has 6 nitrogen and oxygen atoms in total. The molecule has 3 heterocycles. The highest BCUT2D eigenvalue weighted by Crippen LogP contribution is 2.36. The molecule has 1 atom stereocenters. The van der Waals surface area contributed by atoms with E-state index in [1.54, 1.807) is 12.1 Å². The highest BCUT2D eigenvalue weighted by Gasteiger charge is 2.27. The first-order valence-electron chi connectivity index (χ1n) is 13.3. The Labute approximate surface area is 222 Å². The maximum Gasteiger partial charge on any atom is 0.231 e. The van der Waals surface area contributed by atoms with Crippen molar-refractivity contribution in [2.75, 3.05) is 33.0 Å². The Morgan fingerprint density at radius 2 is 1.79 bits per heavy atom. The summed E-state index contributed by atoms with van der Waals surface area (Å²) in [6, 6.07) is 18.9. The standard InChI is InChI=1S/C31H32FN3O3/c1-2-22-4-3-5-25-27(18-33-31(22)25)26(23-7-9-24(32)10-8-23)17-30(36)35-14-12-34(13-15-35)19-21-6-11-28-29(16-21)38-20-37-28/h3-11,16,18,26,33H,2,12-15,17,19-20H2,1H3. The van der Waals surface area contributed by atoms with E-state index in [9.17, 15) is 9.18 Å². The summed E-state index contributed by atoms with van der Waals surface area (Å²) in [6.45, 7) is 6.23. The van der Waals surface area contributed by atoms with E-state index in [0.29, 0.717) is 19.5 Å². The number of aromatic amines is 1. The van der Waals surface area contributed by atoms with Gasteiger partial charge < -0.3 is 19.4 Å². The average Bonchev–Trinajstić information content (AvgIpc) is 3.59. The molecule has 3 aromatic carbocycles. The number of carbonyl (C=O) groups excluding carboxylic acids is 1. The molecule has 7 heteroatoms. The lowest BCUT2D eigenvalue weighted by Crippen LogP contribution is -2.48. The van der Waals surface area contributed by atoms with Crippen molar-refractivity contribution in [3.63, 3.8) is 0 Å². The van der Waals surface area contributed by atoms with Crippen LogP contribution in [0.4, 0.5) is 4.39 Å². The number of fused-ring (bicyclic) bond motifs is 2. The van der Waals surface area contributed by atoms with Crippen LogP contribution in [-0.4, -0.2) is 53.7 Å². The van der Waals surface area contributed by atoms with Crippen molar-refractivity contribution in [1.29, 1.82) is 0 Å². The SMILES string of the molecule is CCc1cccc2c(C(CC(=O)N3CCN(Cc4ccc5c(c4)OCO5)CC3)c3ccc(F)cc3)c[nH]c12. The molecule has 0 aliphatic carbocycles. The number of piperazine rings is 1. The number of hydrogen-bond acceptors (Lipinski definition) is 4. The zero-order valence-corrected chi connectivity index (χ0v) is 21.6. The van der Waals surface area contributed by atoms with Gasteiger partial charge in [0.2, 0.25) is 12.7 Å². The summed E-state index contributed by atoms with van der Waals surface area (Å²) >= 11 is 0. The average molecular weight is 514 g/mol. The number of nitrogens with zero attached hydrogens (tertiary/aromatic N) is 2. The van der Waals surface area contributed by atoms with Crippen LogP contribution >= 0.6 is 0 Å². The summed E-state index contributed by atoms with van der Waals surface area (Å²) in [5.74, 6) is 1.29. The Morgan fingerprint density at radius 1 is 1.00 bits per heavy atom. The molecule has 0 spiro atoms. The van der Waals surface area contributed by atoms with Gasteiger partial charge >= 0.3 is 0 Å². The van der Waals surface area contributed by atoms with Crippen molar-refractivity contribution in [1.82, 2.24) is 14.8 Å². The first-order chi connectivity index (χ1) is 18.6. The summed E-state index contributed by atoms with van der Waals surface area (Å²) in [5, 5.41) is 1.13. The third-order valence-corrected chi connectivity index (χ3v) is 7.81. The van der Waals surface area contributed by atoms with E-state index >= 15 is 0 Å². The van der Waals surface area contributed by atoms with Crippen LogP contribution in [0.5, 0.6) is 11.5 Å².